The Bertz CT molecular complexity index is 802. The molecule has 0 saturated carbocycles. The maximum atomic E-state index is 13.7. The summed E-state index contributed by atoms with van der Waals surface area (Å²) in [4.78, 5) is 4.17. The van der Waals surface area contributed by atoms with Gasteiger partial charge in [0.25, 0.3) is 0 Å². The van der Waals surface area contributed by atoms with Gasteiger partial charge in [-0.1, -0.05) is 6.42 Å². The third-order valence-electron chi connectivity index (χ3n) is 4.97. The summed E-state index contributed by atoms with van der Waals surface area (Å²) in [6.07, 6.45) is 6.83. The number of guanidine groups is 1. The molecule has 0 amide bonds. The highest BCUT2D eigenvalue weighted by atomic mass is 19.1. The van der Waals surface area contributed by atoms with E-state index in [1.807, 2.05) is 0 Å². The molecule has 0 aliphatic carbocycles. The van der Waals surface area contributed by atoms with Crippen molar-refractivity contribution in [1.29, 1.82) is 0 Å². The average molecular weight is 390 g/mol. The number of nitrogens with one attached hydrogen (secondary N) is 2. The van der Waals surface area contributed by atoms with Crippen molar-refractivity contribution in [2.75, 3.05) is 20.1 Å². The van der Waals surface area contributed by atoms with Crippen molar-refractivity contribution in [3.8, 4) is 0 Å². The summed E-state index contributed by atoms with van der Waals surface area (Å²) in [5, 5.41) is 15.1. The lowest BCUT2D eigenvalue weighted by atomic mass is 10.1. The van der Waals surface area contributed by atoms with Crippen molar-refractivity contribution in [1.82, 2.24) is 25.4 Å². The molecule has 1 aliphatic heterocycles. The van der Waals surface area contributed by atoms with Gasteiger partial charge >= 0.3 is 0 Å². The number of hydrogen-bond donors (Lipinski definition) is 2. The standard InChI is InChI=1S/C20H28F2N6/c1-23-20(25-12-10-15-14-16(21)8-9-17(15)22)24-11-5-7-19-27-26-18-6-3-2-4-13-28(18)19/h8-9,14H,2-7,10-13H2,1H3,(H2,23,24,25). The molecule has 0 atom stereocenters. The van der Waals surface area contributed by atoms with Gasteiger partial charge < -0.3 is 15.2 Å². The first-order valence-electron chi connectivity index (χ1n) is 9.97. The van der Waals surface area contributed by atoms with E-state index in [1.54, 1.807) is 7.05 Å². The van der Waals surface area contributed by atoms with Gasteiger partial charge in [0.1, 0.15) is 23.3 Å². The zero-order chi connectivity index (χ0) is 19.8. The summed E-state index contributed by atoms with van der Waals surface area (Å²) in [5.74, 6) is 2.01. The number of nitrogens with zero attached hydrogens (tertiary/aromatic N) is 4. The number of hydrogen-bond acceptors (Lipinski definition) is 3. The first-order chi connectivity index (χ1) is 13.7. The number of aromatic nitrogens is 3. The maximum Gasteiger partial charge on any atom is 0.190 e. The molecule has 3 rings (SSSR count). The van der Waals surface area contributed by atoms with E-state index in [1.165, 1.54) is 25.3 Å². The summed E-state index contributed by atoms with van der Waals surface area (Å²) >= 11 is 0. The molecule has 1 aromatic heterocycles. The largest absolute Gasteiger partial charge is 0.356 e. The molecule has 2 N–H and O–H groups in total. The van der Waals surface area contributed by atoms with Gasteiger partial charge in [0.2, 0.25) is 0 Å². The Morgan fingerprint density at radius 2 is 1.96 bits per heavy atom. The Labute approximate surface area is 164 Å². The summed E-state index contributed by atoms with van der Waals surface area (Å²) in [5.41, 5.74) is 0.357. The van der Waals surface area contributed by atoms with Crippen LogP contribution in [0.4, 0.5) is 8.78 Å². The number of benzene rings is 1. The highest BCUT2D eigenvalue weighted by Crippen LogP contribution is 2.15. The third kappa shape index (κ3) is 5.50. The van der Waals surface area contributed by atoms with Crippen LogP contribution in [0.5, 0.6) is 0 Å². The van der Waals surface area contributed by atoms with Crippen LogP contribution in [0.25, 0.3) is 0 Å². The SMILES string of the molecule is CN=C(NCCCc1nnc2n1CCCCC2)NCCc1cc(F)ccc1F. The third-order valence-corrected chi connectivity index (χ3v) is 4.97. The molecule has 0 radical (unpaired) electrons. The van der Waals surface area contributed by atoms with Gasteiger partial charge in [0, 0.05) is 39.5 Å². The summed E-state index contributed by atoms with van der Waals surface area (Å²) < 4.78 is 29.1. The predicted molar refractivity (Wildman–Crippen MR) is 105 cm³/mol. The molecule has 1 aliphatic rings. The van der Waals surface area contributed by atoms with Crippen LogP contribution in [0.15, 0.2) is 23.2 Å². The van der Waals surface area contributed by atoms with Gasteiger partial charge in [0.05, 0.1) is 0 Å². The number of aryl methyl sites for hydroxylation is 2. The molecule has 0 saturated heterocycles. The second kappa shape index (κ2) is 10.1. The van der Waals surface area contributed by atoms with Crippen molar-refractivity contribution in [3.05, 3.63) is 47.0 Å². The Morgan fingerprint density at radius 1 is 1.11 bits per heavy atom. The number of fused-ring (bicyclic) bond motifs is 1. The Morgan fingerprint density at radius 3 is 2.82 bits per heavy atom. The van der Waals surface area contributed by atoms with Gasteiger partial charge in [-0.3, -0.25) is 4.99 Å². The number of rotatable bonds is 7. The molecular weight excluding hydrogens is 362 g/mol. The fourth-order valence-corrected chi connectivity index (χ4v) is 3.45. The molecule has 8 heteroatoms. The summed E-state index contributed by atoms with van der Waals surface area (Å²) in [7, 11) is 1.69. The van der Waals surface area contributed by atoms with E-state index < -0.39 is 11.6 Å². The lowest BCUT2D eigenvalue weighted by Crippen LogP contribution is -2.39. The number of aliphatic imine (C=N–C) groups is 1. The molecule has 6 nitrogen and oxygen atoms in total. The minimum Gasteiger partial charge on any atom is -0.356 e. The lowest BCUT2D eigenvalue weighted by Gasteiger charge is -2.12. The first-order valence-corrected chi connectivity index (χ1v) is 9.97. The van der Waals surface area contributed by atoms with Crippen molar-refractivity contribution in [2.24, 2.45) is 4.99 Å². The van der Waals surface area contributed by atoms with Crippen molar-refractivity contribution in [3.63, 3.8) is 0 Å². The van der Waals surface area contributed by atoms with E-state index in [9.17, 15) is 8.78 Å². The normalized spacial score (nSPS) is 14.5. The monoisotopic (exact) mass is 390 g/mol. The van der Waals surface area contributed by atoms with Crippen molar-refractivity contribution in [2.45, 2.75) is 51.5 Å². The smallest absolute Gasteiger partial charge is 0.190 e. The average Bonchev–Trinajstić information content (AvgIpc) is 2.92. The Kier molecular flexibility index (Phi) is 7.33. The van der Waals surface area contributed by atoms with Crippen LogP contribution in [0, 0.1) is 11.6 Å². The van der Waals surface area contributed by atoms with Crippen LogP contribution >= 0.6 is 0 Å². The van der Waals surface area contributed by atoms with Gasteiger partial charge in [-0.15, -0.1) is 10.2 Å². The zero-order valence-corrected chi connectivity index (χ0v) is 16.3. The minimum absolute atomic E-state index is 0.357. The quantitative estimate of drug-likeness (QED) is 0.433. The highest BCUT2D eigenvalue weighted by molar-refractivity contribution is 5.79. The summed E-state index contributed by atoms with van der Waals surface area (Å²) in [6, 6.07) is 3.51. The highest BCUT2D eigenvalue weighted by Gasteiger charge is 2.14. The number of halogens is 2. The van der Waals surface area contributed by atoms with E-state index in [0.717, 1.165) is 56.1 Å². The van der Waals surface area contributed by atoms with Crippen molar-refractivity contribution < 1.29 is 8.78 Å². The molecule has 0 unspecified atom stereocenters. The van der Waals surface area contributed by atoms with Crippen LogP contribution in [-0.2, 0) is 25.8 Å². The van der Waals surface area contributed by atoms with E-state index in [0.29, 0.717) is 24.5 Å². The van der Waals surface area contributed by atoms with Crippen LogP contribution in [0.1, 0.15) is 42.9 Å². The minimum atomic E-state index is -0.426. The van der Waals surface area contributed by atoms with E-state index >= 15 is 0 Å². The van der Waals surface area contributed by atoms with Crippen LogP contribution in [0.3, 0.4) is 0 Å². The predicted octanol–water partition coefficient (Wildman–Crippen LogP) is 2.62. The zero-order valence-electron chi connectivity index (χ0n) is 16.3. The van der Waals surface area contributed by atoms with Crippen LogP contribution < -0.4 is 10.6 Å². The van der Waals surface area contributed by atoms with Gasteiger partial charge in [0.15, 0.2) is 5.96 Å². The molecule has 152 valence electrons. The molecule has 1 aromatic carbocycles. The maximum absolute atomic E-state index is 13.7. The molecule has 2 aromatic rings. The molecule has 0 fully saturated rings. The second-order valence-corrected chi connectivity index (χ2v) is 7.01. The second-order valence-electron chi connectivity index (χ2n) is 7.01. The van der Waals surface area contributed by atoms with Gasteiger partial charge in [-0.25, -0.2) is 8.78 Å². The molecule has 0 spiro atoms. The Hall–Kier alpha value is -2.51. The van der Waals surface area contributed by atoms with Crippen LogP contribution in [-0.4, -0.2) is 40.9 Å². The van der Waals surface area contributed by atoms with Crippen LogP contribution in [0.2, 0.25) is 0 Å². The topological polar surface area (TPSA) is 67.1 Å². The molecule has 2 heterocycles. The first kappa shape index (κ1) is 20.2. The van der Waals surface area contributed by atoms with E-state index in [-0.39, 0.29) is 0 Å². The van der Waals surface area contributed by atoms with Gasteiger partial charge in [-0.05, 0) is 49.4 Å². The molecular formula is C20H28F2N6. The summed E-state index contributed by atoms with van der Waals surface area (Å²) in [6.45, 7) is 2.24. The fraction of sp³-hybridized carbons (Fsp3) is 0.550. The molecule has 0 bridgehead atoms. The van der Waals surface area contributed by atoms with E-state index in [4.69, 9.17) is 0 Å². The lowest BCUT2D eigenvalue weighted by molar-refractivity contribution is 0.582. The van der Waals surface area contributed by atoms with E-state index in [2.05, 4.69) is 30.4 Å². The molecule has 28 heavy (non-hydrogen) atoms. The van der Waals surface area contributed by atoms with Gasteiger partial charge in [-0.2, -0.15) is 0 Å². The van der Waals surface area contributed by atoms with Crippen molar-refractivity contribution >= 4 is 5.96 Å². The fourth-order valence-electron chi connectivity index (χ4n) is 3.45. The Balaban J connectivity index is 1.39.